The summed E-state index contributed by atoms with van der Waals surface area (Å²) in [4.78, 5) is 9.01. The molecule has 2 heterocycles. The second-order valence-corrected chi connectivity index (χ2v) is 5.97. The smallest absolute Gasteiger partial charge is 0.194 e. The van der Waals surface area contributed by atoms with Crippen LogP contribution in [0.3, 0.4) is 0 Å². The molecule has 3 rings (SSSR count). The molecule has 0 spiro atoms. The van der Waals surface area contributed by atoms with Crippen molar-refractivity contribution in [2.24, 2.45) is 4.99 Å². The first-order valence-electron chi connectivity index (χ1n) is 8.35. The summed E-state index contributed by atoms with van der Waals surface area (Å²) in [6.45, 7) is 5.21. The van der Waals surface area contributed by atoms with E-state index in [1.807, 2.05) is 30.3 Å². The summed E-state index contributed by atoms with van der Waals surface area (Å²) in [6.07, 6.45) is 1.61. The van der Waals surface area contributed by atoms with Crippen LogP contribution in [0, 0.1) is 11.3 Å². The third kappa shape index (κ3) is 5.44. The van der Waals surface area contributed by atoms with Crippen LogP contribution >= 0.6 is 24.0 Å². The number of piperazine rings is 1. The normalized spacial score (nSPS) is 15.2. The van der Waals surface area contributed by atoms with E-state index in [9.17, 15) is 0 Å². The number of aromatic nitrogens is 1. The van der Waals surface area contributed by atoms with Crippen LogP contribution in [0.4, 0.5) is 0 Å². The molecular weight excluding hydrogens is 443 g/mol. The van der Waals surface area contributed by atoms with Gasteiger partial charge in [-0.2, -0.15) is 5.26 Å². The number of hydrogen-bond acceptors (Lipinski definition) is 5. The summed E-state index contributed by atoms with van der Waals surface area (Å²) in [7, 11) is 1.80. The van der Waals surface area contributed by atoms with Crippen LogP contribution in [-0.2, 0) is 13.1 Å². The van der Waals surface area contributed by atoms with Gasteiger partial charge in [0.15, 0.2) is 5.96 Å². The number of nitrogens with zero attached hydrogens (tertiary/aromatic N) is 5. The summed E-state index contributed by atoms with van der Waals surface area (Å²) < 4.78 is 4.89. The standard InChI is InChI=1S/C18H22N6O.HI/c1-20-18(21-13-16-4-2-3-15(11-16)12-19)24-8-6-23(7-9-24)14-17-5-10-25-22-17;/h2-5,10-11H,6-9,13-14H2,1H3,(H,20,21);1H. The number of aliphatic imine (C=N–C) groups is 1. The fraction of sp³-hybridized carbons (Fsp3) is 0.389. The number of nitriles is 1. The van der Waals surface area contributed by atoms with Crippen molar-refractivity contribution in [2.45, 2.75) is 13.1 Å². The van der Waals surface area contributed by atoms with E-state index in [1.165, 1.54) is 0 Å². The number of halogens is 1. The maximum Gasteiger partial charge on any atom is 0.194 e. The van der Waals surface area contributed by atoms with Gasteiger partial charge in [-0.3, -0.25) is 9.89 Å². The molecule has 1 aliphatic heterocycles. The molecule has 1 saturated heterocycles. The lowest BCUT2D eigenvalue weighted by Crippen LogP contribution is -2.52. The Labute approximate surface area is 170 Å². The highest BCUT2D eigenvalue weighted by Crippen LogP contribution is 2.08. The Balaban J connectivity index is 0.00000243. The van der Waals surface area contributed by atoms with E-state index >= 15 is 0 Å². The summed E-state index contributed by atoms with van der Waals surface area (Å²) in [5, 5.41) is 16.3. The molecule has 2 aromatic rings. The molecule has 1 fully saturated rings. The molecule has 26 heavy (non-hydrogen) atoms. The zero-order valence-electron chi connectivity index (χ0n) is 14.8. The first-order chi connectivity index (χ1) is 12.3. The van der Waals surface area contributed by atoms with E-state index in [4.69, 9.17) is 9.78 Å². The Kier molecular flexibility index (Phi) is 7.87. The molecule has 0 saturated carbocycles. The van der Waals surface area contributed by atoms with Gasteiger partial charge in [0, 0.05) is 52.4 Å². The van der Waals surface area contributed by atoms with Gasteiger partial charge in [0.2, 0.25) is 0 Å². The van der Waals surface area contributed by atoms with E-state index < -0.39 is 0 Å². The molecule has 1 aromatic carbocycles. The third-order valence-corrected chi connectivity index (χ3v) is 4.27. The van der Waals surface area contributed by atoms with Gasteiger partial charge in [-0.1, -0.05) is 17.3 Å². The molecule has 0 unspecified atom stereocenters. The second kappa shape index (κ2) is 10.1. The van der Waals surface area contributed by atoms with Crippen LogP contribution in [0.2, 0.25) is 0 Å². The van der Waals surface area contributed by atoms with E-state index in [0.717, 1.165) is 49.9 Å². The number of benzene rings is 1. The van der Waals surface area contributed by atoms with Crippen LogP contribution < -0.4 is 5.32 Å². The predicted molar refractivity (Wildman–Crippen MR) is 110 cm³/mol. The maximum atomic E-state index is 8.99. The maximum absolute atomic E-state index is 8.99. The highest BCUT2D eigenvalue weighted by Gasteiger charge is 2.20. The number of guanidine groups is 1. The summed E-state index contributed by atoms with van der Waals surface area (Å²) >= 11 is 0. The predicted octanol–water partition coefficient (Wildman–Crippen LogP) is 2.06. The molecule has 0 radical (unpaired) electrons. The van der Waals surface area contributed by atoms with Gasteiger partial charge in [-0.15, -0.1) is 24.0 Å². The third-order valence-electron chi connectivity index (χ3n) is 4.27. The van der Waals surface area contributed by atoms with Gasteiger partial charge in [-0.05, 0) is 17.7 Å². The van der Waals surface area contributed by atoms with E-state index in [-0.39, 0.29) is 24.0 Å². The lowest BCUT2D eigenvalue weighted by Gasteiger charge is -2.36. The zero-order valence-corrected chi connectivity index (χ0v) is 17.1. The lowest BCUT2D eigenvalue weighted by molar-refractivity contribution is 0.169. The van der Waals surface area contributed by atoms with Crippen molar-refractivity contribution in [3.05, 3.63) is 53.4 Å². The topological polar surface area (TPSA) is 80.7 Å². The van der Waals surface area contributed by atoms with Crippen molar-refractivity contribution in [3.8, 4) is 6.07 Å². The highest BCUT2D eigenvalue weighted by atomic mass is 127. The summed E-state index contributed by atoms with van der Waals surface area (Å²) in [5.74, 6) is 0.892. The number of hydrogen-bond donors (Lipinski definition) is 1. The van der Waals surface area contributed by atoms with Gasteiger partial charge in [0.1, 0.15) is 6.26 Å². The Morgan fingerprint density at radius 3 is 2.77 bits per heavy atom. The van der Waals surface area contributed by atoms with Crippen molar-refractivity contribution < 1.29 is 4.52 Å². The molecule has 0 bridgehead atoms. The van der Waals surface area contributed by atoms with Gasteiger partial charge < -0.3 is 14.7 Å². The second-order valence-electron chi connectivity index (χ2n) is 5.97. The molecule has 7 nitrogen and oxygen atoms in total. The molecule has 1 aromatic heterocycles. The van der Waals surface area contributed by atoms with Crippen LogP contribution in [0.5, 0.6) is 0 Å². The molecule has 1 N–H and O–H groups in total. The van der Waals surface area contributed by atoms with Crippen molar-refractivity contribution in [1.82, 2.24) is 20.3 Å². The highest BCUT2D eigenvalue weighted by molar-refractivity contribution is 14.0. The first-order valence-corrected chi connectivity index (χ1v) is 8.35. The van der Waals surface area contributed by atoms with E-state index in [1.54, 1.807) is 13.3 Å². The molecule has 0 aliphatic carbocycles. The molecule has 0 amide bonds. The van der Waals surface area contributed by atoms with Crippen LogP contribution in [-0.4, -0.2) is 54.1 Å². The van der Waals surface area contributed by atoms with Crippen LogP contribution in [0.25, 0.3) is 0 Å². The van der Waals surface area contributed by atoms with E-state index in [0.29, 0.717) is 12.1 Å². The minimum absolute atomic E-state index is 0. The molecule has 138 valence electrons. The quantitative estimate of drug-likeness (QED) is 0.422. The number of rotatable bonds is 4. The zero-order chi connectivity index (χ0) is 17.5. The van der Waals surface area contributed by atoms with Gasteiger partial charge in [0.05, 0.1) is 17.3 Å². The van der Waals surface area contributed by atoms with E-state index in [2.05, 4.69) is 31.3 Å². The fourth-order valence-corrected chi connectivity index (χ4v) is 2.93. The average molecular weight is 466 g/mol. The summed E-state index contributed by atoms with van der Waals surface area (Å²) in [5.41, 5.74) is 2.72. The van der Waals surface area contributed by atoms with Gasteiger partial charge in [0.25, 0.3) is 0 Å². The Morgan fingerprint density at radius 1 is 1.31 bits per heavy atom. The minimum Gasteiger partial charge on any atom is -0.364 e. The van der Waals surface area contributed by atoms with Crippen LogP contribution in [0.1, 0.15) is 16.8 Å². The summed E-state index contributed by atoms with van der Waals surface area (Å²) in [6, 6.07) is 11.7. The largest absolute Gasteiger partial charge is 0.364 e. The average Bonchev–Trinajstić information content (AvgIpc) is 3.17. The molecular formula is C18H23IN6O. The van der Waals surface area contributed by atoms with Crippen LogP contribution in [0.15, 0.2) is 46.1 Å². The van der Waals surface area contributed by atoms with Crippen molar-refractivity contribution in [3.63, 3.8) is 0 Å². The molecule has 8 heteroatoms. The van der Waals surface area contributed by atoms with Gasteiger partial charge in [-0.25, -0.2) is 0 Å². The Hall–Kier alpha value is -2.12. The molecule has 1 aliphatic rings. The molecule has 0 atom stereocenters. The van der Waals surface area contributed by atoms with Crippen molar-refractivity contribution >= 4 is 29.9 Å². The minimum atomic E-state index is 0. The lowest BCUT2D eigenvalue weighted by atomic mass is 10.1. The van der Waals surface area contributed by atoms with Crippen molar-refractivity contribution in [2.75, 3.05) is 33.2 Å². The fourth-order valence-electron chi connectivity index (χ4n) is 2.93. The Bertz CT molecular complexity index is 747. The Morgan fingerprint density at radius 2 is 2.12 bits per heavy atom. The first kappa shape index (κ1) is 20.2. The van der Waals surface area contributed by atoms with Crippen molar-refractivity contribution in [1.29, 1.82) is 5.26 Å². The SMILES string of the molecule is CN=C(NCc1cccc(C#N)c1)N1CCN(Cc2ccon2)CC1.I. The van der Waals surface area contributed by atoms with Gasteiger partial charge >= 0.3 is 0 Å². The monoisotopic (exact) mass is 466 g/mol. The number of nitrogens with one attached hydrogen (secondary N) is 1.